The third kappa shape index (κ3) is 13.1. The summed E-state index contributed by atoms with van der Waals surface area (Å²) in [6.07, 6.45) is 2.78. The fourth-order valence-electron chi connectivity index (χ4n) is 5.25. The number of aromatic nitrogens is 2. The van der Waals surface area contributed by atoms with Crippen LogP contribution < -0.4 is 21.3 Å². The molecule has 0 saturated carbocycles. The Balaban J connectivity index is 1.66. The van der Waals surface area contributed by atoms with Crippen LogP contribution in [-0.4, -0.2) is 68.8 Å². The summed E-state index contributed by atoms with van der Waals surface area (Å²) in [5.41, 5.74) is 1.94. The number of imide groups is 1. The molecule has 12 nitrogen and oxygen atoms in total. The molecule has 0 aliphatic rings. The van der Waals surface area contributed by atoms with E-state index in [-0.39, 0.29) is 37.0 Å². The molecular weight excluding hydrogens is 612 g/mol. The summed E-state index contributed by atoms with van der Waals surface area (Å²) >= 11 is 0. The van der Waals surface area contributed by atoms with Gasteiger partial charge >= 0.3 is 0 Å². The van der Waals surface area contributed by atoms with Crippen molar-refractivity contribution >= 4 is 29.5 Å². The average molecular weight is 661 g/mol. The summed E-state index contributed by atoms with van der Waals surface area (Å²) in [4.78, 5) is 72.2. The van der Waals surface area contributed by atoms with Gasteiger partial charge in [-0.05, 0) is 48.8 Å². The van der Waals surface area contributed by atoms with Crippen LogP contribution in [-0.2, 0) is 32.0 Å². The molecule has 0 saturated heterocycles. The highest BCUT2D eigenvalue weighted by Gasteiger charge is 2.31. The maximum Gasteiger partial charge on any atom is 0.257 e. The molecule has 6 N–H and O–H groups in total. The van der Waals surface area contributed by atoms with Crippen LogP contribution in [0.3, 0.4) is 0 Å². The fourth-order valence-corrected chi connectivity index (χ4v) is 5.25. The molecule has 1 aromatic heterocycles. The molecule has 3 rings (SSSR count). The van der Waals surface area contributed by atoms with E-state index in [1.54, 1.807) is 36.5 Å². The lowest BCUT2D eigenvalue weighted by molar-refractivity contribution is -0.131. The van der Waals surface area contributed by atoms with Crippen LogP contribution in [0.15, 0.2) is 73.2 Å². The van der Waals surface area contributed by atoms with E-state index in [0.717, 1.165) is 5.56 Å². The van der Waals surface area contributed by atoms with Gasteiger partial charge in [0.15, 0.2) is 0 Å². The molecule has 0 spiro atoms. The Hall–Kier alpha value is -4.84. The monoisotopic (exact) mass is 660 g/mol. The van der Waals surface area contributed by atoms with Gasteiger partial charge in [0.05, 0.1) is 24.9 Å². The minimum atomic E-state index is -1.30. The predicted octanol–water partition coefficient (Wildman–Crippen LogP) is 2.84. The summed E-state index contributed by atoms with van der Waals surface area (Å²) in [6, 6.07) is 15.0. The van der Waals surface area contributed by atoms with E-state index >= 15 is 0 Å². The van der Waals surface area contributed by atoms with Crippen molar-refractivity contribution in [3.8, 4) is 0 Å². The van der Waals surface area contributed by atoms with E-state index in [1.807, 2.05) is 58.0 Å². The molecule has 1 heterocycles. The Labute approximate surface area is 281 Å². The van der Waals surface area contributed by atoms with Crippen molar-refractivity contribution in [3.63, 3.8) is 0 Å². The van der Waals surface area contributed by atoms with Gasteiger partial charge in [-0.3, -0.25) is 29.3 Å². The predicted molar refractivity (Wildman–Crippen MR) is 181 cm³/mol. The van der Waals surface area contributed by atoms with Gasteiger partial charge in [0.25, 0.3) is 5.91 Å². The van der Waals surface area contributed by atoms with E-state index < -0.39 is 54.3 Å². The topological polar surface area (TPSA) is 182 Å². The lowest BCUT2D eigenvalue weighted by atomic mass is 9.96. The first kappa shape index (κ1) is 37.6. The fraction of sp³-hybridized carbons (Fsp3) is 0.444. The first-order valence-electron chi connectivity index (χ1n) is 16.4. The Morgan fingerprint density at radius 2 is 1.40 bits per heavy atom. The van der Waals surface area contributed by atoms with Gasteiger partial charge in [0.2, 0.25) is 23.6 Å². The number of imidazole rings is 1. The number of nitrogens with one attached hydrogen (secondary N) is 5. The van der Waals surface area contributed by atoms with E-state index in [4.69, 9.17) is 0 Å². The Bertz CT molecular complexity index is 1460. The second kappa shape index (κ2) is 19.1. The zero-order chi connectivity index (χ0) is 35.1. The molecule has 3 aromatic rings. The summed E-state index contributed by atoms with van der Waals surface area (Å²) < 4.78 is 0. The van der Waals surface area contributed by atoms with Gasteiger partial charge in [-0.2, -0.15) is 0 Å². The highest BCUT2D eigenvalue weighted by Crippen LogP contribution is 2.14. The minimum Gasteiger partial charge on any atom is -0.390 e. The number of aliphatic hydroxyl groups excluding tert-OH is 1. The maximum atomic E-state index is 13.6. The molecule has 48 heavy (non-hydrogen) atoms. The lowest BCUT2D eigenvalue weighted by Gasteiger charge is -2.28. The van der Waals surface area contributed by atoms with Gasteiger partial charge in [0, 0.05) is 30.3 Å². The summed E-state index contributed by atoms with van der Waals surface area (Å²) in [6.45, 7) is 7.61. The molecule has 0 aliphatic carbocycles. The van der Waals surface area contributed by atoms with Gasteiger partial charge in [-0.15, -0.1) is 0 Å². The van der Waals surface area contributed by atoms with Crippen molar-refractivity contribution in [2.75, 3.05) is 0 Å². The quantitative estimate of drug-likeness (QED) is 0.121. The van der Waals surface area contributed by atoms with Crippen molar-refractivity contribution in [2.45, 2.75) is 90.4 Å². The van der Waals surface area contributed by atoms with Crippen molar-refractivity contribution in [1.29, 1.82) is 0 Å². The number of H-pyrrole nitrogens is 1. The smallest absolute Gasteiger partial charge is 0.257 e. The number of hydrogen-bond donors (Lipinski definition) is 6. The van der Waals surface area contributed by atoms with Gasteiger partial charge < -0.3 is 26.0 Å². The van der Waals surface area contributed by atoms with Crippen LogP contribution in [0.1, 0.15) is 75.0 Å². The molecular formula is C36H48N6O6. The number of carbonyl (C=O) groups excluding carboxylic acids is 5. The van der Waals surface area contributed by atoms with Crippen molar-refractivity contribution < 1.29 is 29.1 Å². The normalized spacial score (nSPS) is 13.6. The third-order valence-electron chi connectivity index (χ3n) is 7.66. The number of benzene rings is 2. The summed E-state index contributed by atoms with van der Waals surface area (Å²) in [5.74, 6) is -2.61. The molecule has 0 radical (unpaired) electrons. The third-order valence-corrected chi connectivity index (χ3v) is 7.66. The van der Waals surface area contributed by atoms with Crippen molar-refractivity contribution in [1.82, 2.24) is 31.2 Å². The average Bonchev–Trinajstić information content (AvgIpc) is 3.56. The molecule has 258 valence electrons. The Kier molecular flexibility index (Phi) is 15.0. The van der Waals surface area contributed by atoms with Crippen LogP contribution in [0.4, 0.5) is 0 Å². The number of amides is 5. The van der Waals surface area contributed by atoms with E-state index in [9.17, 15) is 29.1 Å². The zero-order valence-corrected chi connectivity index (χ0v) is 28.1. The second-order valence-electron chi connectivity index (χ2n) is 12.8. The number of nitrogens with zero attached hydrogens (tertiary/aromatic N) is 1. The van der Waals surface area contributed by atoms with Crippen LogP contribution >= 0.6 is 0 Å². The molecule has 0 aliphatic heterocycles. The number of carbonyl (C=O) groups is 5. The first-order chi connectivity index (χ1) is 22.9. The number of hydrogen-bond acceptors (Lipinski definition) is 7. The molecule has 12 heteroatoms. The van der Waals surface area contributed by atoms with Crippen LogP contribution in [0.5, 0.6) is 0 Å². The molecule has 5 amide bonds. The highest BCUT2D eigenvalue weighted by molar-refractivity contribution is 6.06. The number of aryl methyl sites for hydroxylation is 1. The van der Waals surface area contributed by atoms with Crippen molar-refractivity contribution in [2.24, 2.45) is 11.8 Å². The van der Waals surface area contributed by atoms with E-state index in [0.29, 0.717) is 24.1 Å². The van der Waals surface area contributed by atoms with Gasteiger partial charge in [-0.1, -0.05) is 76.2 Å². The second-order valence-corrected chi connectivity index (χ2v) is 12.8. The SMILES string of the molecule is CC(C)C[C@H](NC(=O)C[C@H](O)[C@H](CC(C)C)NC(=O)[C@H](Cc1cnc[nH]1)NC(=O)CCc1ccccc1)C(=O)NC(=O)c1ccccc1. The summed E-state index contributed by atoms with van der Waals surface area (Å²) in [5, 5.41) is 21.9. The first-order valence-corrected chi connectivity index (χ1v) is 16.4. The van der Waals surface area contributed by atoms with Crippen LogP contribution in [0, 0.1) is 11.8 Å². The number of aliphatic hydroxyl groups is 1. The zero-order valence-electron chi connectivity index (χ0n) is 28.1. The van der Waals surface area contributed by atoms with Crippen LogP contribution in [0.2, 0.25) is 0 Å². The van der Waals surface area contributed by atoms with Crippen molar-refractivity contribution in [3.05, 3.63) is 90.0 Å². The summed E-state index contributed by atoms with van der Waals surface area (Å²) in [7, 11) is 0. The molecule has 4 atom stereocenters. The minimum absolute atomic E-state index is 0.0143. The standard InChI is InChI=1S/C36H48N6O6/c1-23(2)17-28(31(43)20-33(45)40-29(18-24(3)4)36(48)42-34(46)26-13-9-6-10-14-26)41-35(47)30(19-27-21-37-22-38-27)39-32(44)16-15-25-11-7-5-8-12-25/h5-14,21-24,28-31,43H,15-20H2,1-4H3,(H,37,38)(H,39,44)(H,40,45)(H,41,47)(H,42,46,48)/t28-,29-,30-,31-/m0/s1. The van der Waals surface area contributed by atoms with E-state index in [2.05, 4.69) is 31.2 Å². The molecule has 0 fully saturated rings. The Morgan fingerprint density at radius 3 is 2.00 bits per heavy atom. The largest absolute Gasteiger partial charge is 0.390 e. The molecule has 2 aromatic carbocycles. The van der Waals surface area contributed by atoms with Gasteiger partial charge in [-0.25, -0.2) is 4.98 Å². The maximum absolute atomic E-state index is 13.6. The van der Waals surface area contributed by atoms with Crippen LogP contribution in [0.25, 0.3) is 0 Å². The Morgan fingerprint density at radius 1 is 0.771 bits per heavy atom. The lowest BCUT2D eigenvalue weighted by Crippen LogP contribution is -2.55. The van der Waals surface area contributed by atoms with E-state index in [1.165, 1.54) is 6.33 Å². The molecule has 0 bridgehead atoms. The van der Waals surface area contributed by atoms with Gasteiger partial charge in [0.1, 0.15) is 12.1 Å². The molecule has 0 unspecified atom stereocenters. The number of rotatable bonds is 18. The highest BCUT2D eigenvalue weighted by atomic mass is 16.3. The number of aromatic amines is 1.